The molecule has 0 amide bonds. The van der Waals surface area contributed by atoms with Crippen LogP contribution in [0.25, 0.3) is 10.9 Å². The summed E-state index contributed by atoms with van der Waals surface area (Å²) in [6, 6.07) is 7.95. The van der Waals surface area contributed by atoms with Crippen molar-refractivity contribution in [2.75, 3.05) is 33.2 Å². The molecule has 0 spiro atoms. The second kappa shape index (κ2) is 6.06. The fourth-order valence-electron chi connectivity index (χ4n) is 2.50. The van der Waals surface area contributed by atoms with Gasteiger partial charge in [0.25, 0.3) is 0 Å². The van der Waals surface area contributed by atoms with E-state index in [1.165, 1.54) is 5.56 Å². The lowest BCUT2D eigenvalue weighted by Crippen LogP contribution is -2.50. The standard InChI is InChI=1S/C15H19ClN4/c1-19-7-9-20(10-8-19)18-11-12-4-5-14(16)13-3-2-6-17-15(12)13/h2-6,18H,7-11H2,1H3. The zero-order chi connectivity index (χ0) is 13.9. The van der Waals surface area contributed by atoms with Gasteiger partial charge >= 0.3 is 0 Å². The summed E-state index contributed by atoms with van der Waals surface area (Å²) in [5.74, 6) is 0. The fourth-order valence-corrected chi connectivity index (χ4v) is 2.72. The average molecular weight is 291 g/mol. The van der Waals surface area contributed by atoms with Crippen molar-refractivity contribution >= 4 is 22.5 Å². The number of pyridine rings is 1. The molecule has 0 unspecified atom stereocenters. The largest absolute Gasteiger partial charge is 0.304 e. The molecule has 3 rings (SSSR count). The molecule has 0 radical (unpaired) electrons. The van der Waals surface area contributed by atoms with E-state index in [0.29, 0.717) is 0 Å². The molecule has 0 aliphatic carbocycles. The average Bonchev–Trinajstić information content (AvgIpc) is 2.49. The normalized spacial score (nSPS) is 17.7. The number of hydrogen-bond donors (Lipinski definition) is 1. The number of halogens is 1. The molecule has 0 saturated carbocycles. The highest BCUT2D eigenvalue weighted by Gasteiger charge is 2.13. The minimum Gasteiger partial charge on any atom is -0.304 e. The smallest absolute Gasteiger partial charge is 0.0762 e. The van der Waals surface area contributed by atoms with Crippen LogP contribution in [0.3, 0.4) is 0 Å². The Morgan fingerprint density at radius 2 is 2.00 bits per heavy atom. The first kappa shape index (κ1) is 13.8. The van der Waals surface area contributed by atoms with E-state index >= 15 is 0 Å². The second-order valence-electron chi connectivity index (χ2n) is 5.23. The molecule has 1 aliphatic rings. The van der Waals surface area contributed by atoms with E-state index in [0.717, 1.165) is 48.6 Å². The van der Waals surface area contributed by atoms with Gasteiger partial charge in [0.15, 0.2) is 0 Å². The summed E-state index contributed by atoms with van der Waals surface area (Å²) in [4.78, 5) is 6.81. The van der Waals surface area contributed by atoms with Gasteiger partial charge in [-0.2, -0.15) is 0 Å². The van der Waals surface area contributed by atoms with Crippen molar-refractivity contribution in [3.05, 3.63) is 41.0 Å². The highest BCUT2D eigenvalue weighted by molar-refractivity contribution is 6.35. The number of fused-ring (bicyclic) bond motifs is 1. The highest BCUT2D eigenvalue weighted by atomic mass is 35.5. The second-order valence-corrected chi connectivity index (χ2v) is 5.64. The zero-order valence-electron chi connectivity index (χ0n) is 11.6. The Bertz CT molecular complexity index is 593. The molecule has 1 fully saturated rings. The van der Waals surface area contributed by atoms with Crippen molar-refractivity contribution in [2.45, 2.75) is 6.54 Å². The van der Waals surface area contributed by atoms with Crippen LogP contribution >= 0.6 is 11.6 Å². The number of nitrogens with zero attached hydrogens (tertiary/aromatic N) is 3. The Morgan fingerprint density at radius 1 is 1.20 bits per heavy atom. The lowest BCUT2D eigenvalue weighted by molar-refractivity contribution is 0.102. The molecule has 0 bridgehead atoms. The number of aromatic nitrogens is 1. The zero-order valence-corrected chi connectivity index (χ0v) is 12.4. The number of benzene rings is 1. The lowest BCUT2D eigenvalue weighted by Gasteiger charge is -2.32. The SMILES string of the molecule is CN1CCN(NCc2ccc(Cl)c3cccnc23)CC1. The van der Waals surface area contributed by atoms with E-state index in [4.69, 9.17) is 11.6 Å². The number of rotatable bonds is 3. The van der Waals surface area contributed by atoms with Gasteiger partial charge in [-0.15, -0.1) is 0 Å². The molecule has 20 heavy (non-hydrogen) atoms. The summed E-state index contributed by atoms with van der Waals surface area (Å²) in [5.41, 5.74) is 5.67. The highest BCUT2D eigenvalue weighted by Crippen LogP contribution is 2.24. The first-order valence-electron chi connectivity index (χ1n) is 6.93. The van der Waals surface area contributed by atoms with Crippen LogP contribution < -0.4 is 5.43 Å². The van der Waals surface area contributed by atoms with E-state index in [9.17, 15) is 0 Å². The predicted octanol–water partition coefficient (Wildman–Crippen LogP) is 2.14. The Morgan fingerprint density at radius 3 is 2.80 bits per heavy atom. The first-order chi connectivity index (χ1) is 9.74. The molecule has 2 heterocycles. The number of piperazine rings is 1. The Labute approximate surface area is 124 Å². The molecule has 0 atom stereocenters. The molecule has 1 aliphatic heterocycles. The molecule has 1 aromatic heterocycles. The van der Waals surface area contributed by atoms with E-state index < -0.39 is 0 Å². The van der Waals surface area contributed by atoms with E-state index in [1.54, 1.807) is 0 Å². The van der Waals surface area contributed by atoms with E-state index in [2.05, 4.69) is 33.4 Å². The molecule has 2 aromatic rings. The minimum absolute atomic E-state index is 0.761. The topological polar surface area (TPSA) is 31.4 Å². The lowest BCUT2D eigenvalue weighted by atomic mass is 10.1. The molecule has 106 valence electrons. The van der Waals surface area contributed by atoms with Gasteiger partial charge in [-0.25, -0.2) is 5.01 Å². The Balaban J connectivity index is 1.73. The van der Waals surface area contributed by atoms with Gasteiger partial charge in [0.1, 0.15) is 0 Å². The molecular formula is C15H19ClN4. The van der Waals surface area contributed by atoms with Crippen LogP contribution in [0.5, 0.6) is 0 Å². The van der Waals surface area contributed by atoms with Crippen molar-refractivity contribution in [3.63, 3.8) is 0 Å². The molecule has 5 heteroatoms. The van der Waals surface area contributed by atoms with Crippen molar-refractivity contribution in [3.8, 4) is 0 Å². The third-order valence-corrected chi connectivity index (χ3v) is 4.13. The van der Waals surface area contributed by atoms with Crippen LogP contribution in [0.15, 0.2) is 30.5 Å². The van der Waals surface area contributed by atoms with Crippen molar-refractivity contribution < 1.29 is 0 Å². The van der Waals surface area contributed by atoms with Gasteiger partial charge in [-0.05, 0) is 30.8 Å². The van der Waals surface area contributed by atoms with Crippen LogP contribution in [-0.4, -0.2) is 48.1 Å². The van der Waals surface area contributed by atoms with Gasteiger partial charge in [0, 0.05) is 49.3 Å². The molecule has 1 N–H and O–H groups in total. The summed E-state index contributed by atoms with van der Waals surface area (Å²) in [6.45, 7) is 5.10. The number of hydrazine groups is 1. The minimum atomic E-state index is 0.761. The van der Waals surface area contributed by atoms with Crippen molar-refractivity contribution in [1.82, 2.24) is 20.3 Å². The number of hydrogen-bond acceptors (Lipinski definition) is 4. The Hall–Kier alpha value is -1.20. The summed E-state index contributed by atoms with van der Waals surface area (Å²) >= 11 is 6.22. The third-order valence-electron chi connectivity index (χ3n) is 3.80. The molecular weight excluding hydrogens is 272 g/mol. The Kier molecular flexibility index (Phi) is 4.17. The van der Waals surface area contributed by atoms with Crippen molar-refractivity contribution in [2.24, 2.45) is 0 Å². The molecule has 1 aromatic carbocycles. The number of nitrogens with one attached hydrogen (secondary N) is 1. The van der Waals surface area contributed by atoms with Crippen LogP contribution in [0.4, 0.5) is 0 Å². The van der Waals surface area contributed by atoms with Crippen molar-refractivity contribution in [1.29, 1.82) is 0 Å². The van der Waals surface area contributed by atoms with E-state index in [-0.39, 0.29) is 0 Å². The van der Waals surface area contributed by atoms with E-state index in [1.807, 2.05) is 24.4 Å². The maximum Gasteiger partial charge on any atom is 0.0762 e. The summed E-state index contributed by atoms with van der Waals surface area (Å²) in [5, 5.41) is 4.06. The van der Waals surface area contributed by atoms with Gasteiger partial charge in [-0.3, -0.25) is 10.4 Å². The summed E-state index contributed by atoms with van der Waals surface area (Å²) in [7, 11) is 2.16. The first-order valence-corrected chi connectivity index (χ1v) is 7.31. The maximum atomic E-state index is 6.22. The maximum absolute atomic E-state index is 6.22. The monoisotopic (exact) mass is 290 g/mol. The fraction of sp³-hybridized carbons (Fsp3) is 0.400. The summed E-state index contributed by atoms with van der Waals surface area (Å²) in [6.07, 6.45) is 1.82. The van der Waals surface area contributed by atoms with Gasteiger partial charge in [0.2, 0.25) is 0 Å². The van der Waals surface area contributed by atoms with Crippen LogP contribution in [-0.2, 0) is 6.54 Å². The van der Waals surface area contributed by atoms with Crippen LogP contribution in [0.1, 0.15) is 5.56 Å². The van der Waals surface area contributed by atoms with Gasteiger partial charge in [0.05, 0.1) is 5.52 Å². The van der Waals surface area contributed by atoms with Gasteiger partial charge < -0.3 is 4.90 Å². The molecule has 1 saturated heterocycles. The third kappa shape index (κ3) is 2.94. The van der Waals surface area contributed by atoms with Crippen LogP contribution in [0.2, 0.25) is 5.02 Å². The van der Waals surface area contributed by atoms with Gasteiger partial charge in [-0.1, -0.05) is 17.7 Å². The van der Waals surface area contributed by atoms with Crippen LogP contribution in [0, 0.1) is 0 Å². The summed E-state index contributed by atoms with van der Waals surface area (Å²) < 4.78 is 0. The molecule has 4 nitrogen and oxygen atoms in total. The number of likely N-dealkylation sites (N-methyl/N-ethyl adjacent to an activating group) is 1. The predicted molar refractivity (Wildman–Crippen MR) is 82.7 cm³/mol. The quantitative estimate of drug-likeness (QED) is 0.938.